The number of esters is 2. The number of nitrogens with zero attached hydrogens (tertiary/aromatic N) is 1. The van der Waals surface area contributed by atoms with Crippen molar-refractivity contribution >= 4 is 40.9 Å². The van der Waals surface area contributed by atoms with Gasteiger partial charge in [0.15, 0.2) is 0 Å². The lowest BCUT2D eigenvalue weighted by atomic mass is 10.1. The van der Waals surface area contributed by atoms with Crippen LogP contribution in [0.15, 0.2) is 29.2 Å². The standard InChI is InChI=1S/C18H19NO6S/c1-3-4-9-25-15(20)11-19-16(21)14(26-18(19)23)10-12-5-7-13(8-6-12)17(22)24-2/h5-8,10H,3-4,9,11H2,1-2H3/b14-10+. The fourth-order valence-electron chi connectivity index (χ4n) is 2.13. The van der Waals surface area contributed by atoms with E-state index < -0.39 is 29.6 Å². The molecule has 1 saturated heterocycles. The van der Waals surface area contributed by atoms with Crippen LogP contribution in [-0.4, -0.2) is 48.2 Å². The largest absolute Gasteiger partial charge is 0.465 e. The van der Waals surface area contributed by atoms with Gasteiger partial charge in [-0.1, -0.05) is 25.5 Å². The highest BCUT2D eigenvalue weighted by atomic mass is 32.2. The van der Waals surface area contributed by atoms with Crippen LogP contribution >= 0.6 is 11.8 Å². The summed E-state index contributed by atoms with van der Waals surface area (Å²) in [4.78, 5) is 48.5. The number of ether oxygens (including phenoxy) is 2. The Morgan fingerprint density at radius 1 is 1.19 bits per heavy atom. The predicted octanol–water partition coefficient (Wildman–Crippen LogP) is 2.85. The Morgan fingerprint density at radius 2 is 1.88 bits per heavy atom. The average molecular weight is 377 g/mol. The van der Waals surface area contributed by atoms with Gasteiger partial charge >= 0.3 is 11.9 Å². The molecule has 138 valence electrons. The third-order valence-electron chi connectivity index (χ3n) is 3.55. The van der Waals surface area contributed by atoms with Crippen LogP contribution in [-0.2, 0) is 19.1 Å². The van der Waals surface area contributed by atoms with Crippen molar-refractivity contribution in [1.29, 1.82) is 0 Å². The Balaban J connectivity index is 2.04. The van der Waals surface area contributed by atoms with Crippen LogP contribution in [0.4, 0.5) is 4.79 Å². The Bertz CT molecular complexity index is 741. The zero-order valence-electron chi connectivity index (χ0n) is 14.5. The number of hydrogen-bond donors (Lipinski definition) is 0. The van der Waals surface area contributed by atoms with E-state index in [4.69, 9.17) is 4.74 Å². The van der Waals surface area contributed by atoms with Crippen LogP contribution in [0.25, 0.3) is 6.08 Å². The van der Waals surface area contributed by atoms with Crippen molar-refractivity contribution < 1.29 is 28.7 Å². The molecule has 1 aliphatic rings. The smallest absolute Gasteiger partial charge is 0.337 e. The van der Waals surface area contributed by atoms with Gasteiger partial charge in [-0.25, -0.2) is 4.79 Å². The summed E-state index contributed by atoms with van der Waals surface area (Å²) in [7, 11) is 1.29. The first-order valence-corrected chi connectivity index (χ1v) is 8.87. The minimum absolute atomic E-state index is 0.210. The lowest BCUT2D eigenvalue weighted by Gasteiger charge is -2.11. The van der Waals surface area contributed by atoms with Crippen molar-refractivity contribution in [3.05, 3.63) is 40.3 Å². The Morgan fingerprint density at radius 3 is 2.50 bits per heavy atom. The van der Waals surface area contributed by atoms with Gasteiger partial charge in [0.05, 0.1) is 24.2 Å². The van der Waals surface area contributed by atoms with Crippen molar-refractivity contribution in [1.82, 2.24) is 4.90 Å². The number of benzene rings is 1. The van der Waals surface area contributed by atoms with Gasteiger partial charge in [-0.15, -0.1) is 0 Å². The summed E-state index contributed by atoms with van der Waals surface area (Å²) in [5, 5.41) is -0.514. The Labute approximate surface area is 155 Å². The quantitative estimate of drug-likeness (QED) is 0.410. The highest BCUT2D eigenvalue weighted by Gasteiger charge is 2.36. The van der Waals surface area contributed by atoms with Gasteiger partial charge in [-0.05, 0) is 42.0 Å². The maximum Gasteiger partial charge on any atom is 0.337 e. The van der Waals surface area contributed by atoms with E-state index in [1.807, 2.05) is 6.92 Å². The summed E-state index contributed by atoms with van der Waals surface area (Å²) in [6.45, 7) is 1.84. The first-order chi connectivity index (χ1) is 12.5. The molecule has 1 heterocycles. The second kappa shape index (κ2) is 9.19. The van der Waals surface area contributed by atoms with Crippen LogP contribution < -0.4 is 0 Å². The summed E-state index contributed by atoms with van der Waals surface area (Å²) in [6, 6.07) is 6.40. The van der Waals surface area contributed by atoms with Crippen molar-refractivity contribution in [2.24, 2.45) is 0 Å². The molecule has 26 heavy (non-hydrogen) atoms. The van der Waals surface area contributed by atoms with Crippen LogP contribution in [0.3, 0.4) is 0 Å². The molecular formula is C18H19NO6S. The van der Waals surface area contributed by atoms with E-state index in [0.717, 1.165) is 29.5 Å². The summed E-state index contributed by atoms with van der Waals surface area (Å²) in [5.41, 5.74) is 1.03. The highest BCUT2D eigenvalue weighted by Crippen LogP contribution is 2.32. The third-order valence-corrected chi connectivity index (χ3v) is 4.46. The van der Waals surface area contributed by atoms with Crippen molar-refractivity contribution in [3.63, 3.8) is 0 Å². The molecule has 2 rings (SSSR count). The van der Waals surface area contributed by atoms with Crippen LogP contribution in [0.1, 0.15) is 35.7 Å². The molecule has 1 aromatic carbocycles. The number of rotatable bonds is 7. The molecule has 0 aliphatic carbocycles. The lowest BCUT2D eigenvalue weighted by molar-refractivity contribution is -0.146. The minimum atomic E-state index is -0.607. The molecule has 0 N–H and O–H groups in total. The van der Waals surface area contributed by atoms with Gasteiger partial charge in [-0.3, -0.25) is 19.3 Å². The molecule has 8 heteroatoms. The molecule has 0 spiro atoms. The Hall–Kier alpha value is -2.61. The predicted molar refractivity (Wildman–Crippen MR) is 96.3 cm³/mol. The first-order valence-electron chi connectivity index (χ1n) is 8.05. The maximum absolute atomic E-state index is 12.3. The number of carbonyl (C=O) groups excluding carboxylic acids is 4. The molecule has 7 nitrogen and oxygen atoms in total. The number of unbranched alkanes of at least 4 members (excludes halogenated alkanes) is 1. The number of imide groups is 1. The topological polar surface area (TPSA) is 90.0 Å². The molecule has 1 aromatic rings. The van der Waals surface area contributed by atoms with E-state index in [1.165, 1.54) is 13.2 Å². The maximum atomic E-state index is 12.3. The summed E-state index contributed by atoms with van der Waals surface area (Å²) < 4.78 is 9.60. The van der Waals surface area contributed by atoms with E-state index in [2.05, 4.69) is 4.74 Å². The van der Waals surface area contributed by atoms with Crippen LogP contribution in [0.2, 0.25) is 0 Å². The fraction of sp³-hybridized carbons (Fsp3) is 0.333. The summed E-state index contributed by atoms with van der Waals surface area (Å²) >= 11 is 0.761. The van der Waals surface area contributed by atoms with Gasteiger partial charge in [-0.2, -0.15) is 0 Å². The van der Waals surface area contributed by atoms with E-state index >= 15 is 0 Å². The highest BCUT2D eigenvalue weighted by molar-refractivity contribution is 8.18. The van der Waals surface area contributed by atoms with E-state index in [0.29, 0.717) is 11.1 Å². The van der Waals surface area contributed by atoms with E-state index in [-0.39, 0.29) is 11.5 Å². The first kappa shape index (κ1) is 19.7. The molecule has 0 bridgehead atoms. The van der Waals surface area contributed by atoms with Gasteiger partial charge in [0.25, 0.3) is 11.1 Å². The molecule has 0 atom stereocenters. The zero-order valence-corrected chi connectivity index (χ0v) is 15.3. The molecular weight excluding hydrogens is 358 g/mol. The number of carbonyl (C=O) groups is 4. The number of thioether (sulfide) groups is 1. The molecule has 2 amide bonds. The molecule has 1 fully saturated rings. The van der Waals surface area contributed by atoms with Crippen molar-refractivity contribution in [2.75, 3.05) is 20.3 Å². The molecule has 0 unspecified atom stereocenters. The number of methoxy groups -OCH3 is 1. The Kier molecular flexibility index (Phi) is 6.97. The third kappa shape index (κ3) is 4.95. The number of hydrogen-bond acceptors (Lipinski definition) is 7. The fourth-order valence-corrected chi connectivity index (χ4v) is 2.96. The second-order valence-corrected chi connectivity index (χ2v) is 6.45. The monoisotopic (exact) mass is 377 g/mol. The summed E-state index contributed by atoms with van der Waals surface area (Å²) in [6.07, 6.45) is 3.15. The normalized spacial score (nSPS) is 15.5. The van der Waals surface area contributed by atoms with Crippen LogP contribution in [0, 0.1) is 0 Å². The lowest BCUT2D eigenvalue weighted by Crippen LogP contribution is -2.34. The van der Waals surface area contributed by atoms with Gasteiger partial charge < -0.3 is 9.47 Å². The van der Waals surface area contributed by atoms with Crippen molar-refractivity contribution in [2.45, 2.75) is 19.8 Å². The average Bonchev–Trinajstić information content (AvgIpc) is 2.89. The SMILES string of the molecule is CCCCOC(=O)CN1C(=O)S/C(=C/c2ccc(C(=O)OC)cc2)C1=O. The van der Waals surface area contributed by atoms with Crippen molar-refractivity contribution in [3.8, 4) is 0 Å². The molecule has 0 radical (unpaired) electrons. The van der Waals surface area contributed by atoms with E-state index in [1.54, 1.807) is 24.3 Å². The summed E-state index contributed by atoms with van der Waals surface area (Å²) in [5.74, 6) is -1.60. The van der Waals surface area contributed by atoms with Gasteiger partial charge in [0.2, 0.25) is 0 Å². The molecule has 1 aliphatic heterocycles. The molecule has 0 aromatic heterocycles. The zero-order chi connectivity index (χ0) is 19.1. The van der Waals surface area contributed by atoms with Gasteiger partial charge in [0, 0.05) is 0 Å². The minimum Gasteiger partial charge on any atom is -0.465 e. The van der Waals surface area contributed by atoms with Gasteiger partial charge in [0.1, 0.15) is 6.54 Å². The number of amides is 2. The molecule has 0 saturated carbocycles. The van der Waals surface area contributed by atoms with E-state index in [9.17, 15) is 19.2 Å². The van der Waals surface area contributed by atoms with Crippen LogP contribution in [0.5, 0.6) is 0 Å². The second-order valence-electron chi connectivity index (χ2n) is 5.46.